The van der Waals surface area contributed by atoms with Gasteiger partial charge in [0.15, 0.2) is 5.17 Å². The second-order valence-electron chi connectivity index (χ2n) is 3.55. The molecule has 0 saturated heterocycles. The third kappa shape index (κ3) is 1.85. The summed E-state index contributed by atoms with van der Waals surface area (Å²) in [5.74, 6) is 0.319. The molecule has 5 heteroatoms. The predicted molar refractivity (Wildman–Crippen MR) is 68.4 cm³/mol. The van der Waals surface area contributed by atoms with E-state index in [1.807, 2.05) is 30.3 Å². The van der Waals surface area contributed by atoms with Crippen molar-refractivity contribution < 1.29 is 9.21 Å². The molecule has 1 amide bonds. The van der Waals surface area contributed by atoms with Crippen LogP contribution < -0.4 is 5.73 Å². The van der Waals surface area contributed by atoms with Crippen molar-refractivity contribution in [3.8, 4) is 0 Å². The molecule has 1 aromatic carbocycles. The number of thioether (sulfide) groups is 1. The minimum Gasteiger partial charge on any atom is -0.457 e. The van der Waals surface area contributed by atoms with Crippen LogP contribution in [0.5, 0.6) is 0 Å². The van der Waals surface area contributed by atoms with Gasteiger partial charge in [-0.2, -0.15) is 4.99 Å². The maximum Gasteiger partial charge on any atom is 0.286 e. The summed E-state index contributed by atoms with van der Waals surface area (Å²) in [6, 6.07) is 9.55. The number of rotatable bonds is 1. The zero-order valence-corrected chi connectivity index (χ0v) is 9.53. The number of nitrogens with two attached hydrogens (primary N) is 1. The first kappa shape index (κ1) is 10.2. The molecule has 0 fully saturated rings. The Hall–Kier alpha value is -2.01. The van der Waals surface area contributed by atoms with Crippen molar-refractivity contribution in [1.29, 1.82) is 0 Å². The average molecular weight is 244 g/mol. The Labute approximate surface area is 101 Å². The lowest BCUT2D eigenvalue weighted by molar-refractivity contribution is -0.113. The van der Waals surface area contributed by atoms with Gasteiger partial charge in [-0.3, -0.25) is 4.79 Å². The van der Waals surface area contributed by atoms with E-state index in [4.69, 9.17) is 10.2 Å². The van der Waals surface area contributed by atoms with Gasteiger partial charge in [0.25, 0.3) is 5.91 Å². The highest BCUT2D eigenvalue weighted by Gasteiger charge is 2.20. The van der Waals surface area contributed by atoms with Crippen molar-refractivity contribution in [2.45, 2.75) is 0 Å². The maximum absolute atomic E-state index is 11.4. The average Bonchev–Trinajstić information content (AvgIpc) is 2.82. The van der Waals surface area contributed by atoms with E-state index in [2.05, 4.69) is 4.99 Å². The molecule has 1 aliphatic heterocycles. The van der Waals surface area contributed by atoms with Gasteiger partial charge in [-0.15, -0.1) is 0 Å². The number of hydrogen-bond acceptors (Lipinski definition) is 4. The highest BCUT2D eigenvalue weighted by Crippen LogP contribution is 2.28. The quantitative estimate of drug-likeness (QED) is 0.782. The SMILES string of the molecule is NC1=NC(=O)/C(=C/c2cc3ccccc3o2)S1. The van der Waals surface area contributed by atoms with Crippen molar-refractivity contribution >= 4 is 39.9 Å². The number of fused-ring (bicyclic) bond motifs is 1. The van der Waals surface area contributed by atoms with Gasteiger partial charge < -0.3 is 10.2 Å². The smallest absolute Gasteiger partial charge is 0.286 e. The molecule has 3 rings (SSSR count). The fourth-order valence-electron chi connectivity index (χ4n) is 1.63. The fourth-order valence-corrected chi connectivity index (χ4v) is 2.29. The Balaban J connectivity index is 2.01. The molecule has 4 nitrogen and oxygen atoms in total. The number of carbonyl (C=O) groups is 1. The highest BCUT2D eigenvalue weighted by molar-refractivity contribution is 8.18. The molecule has 2 heterocycles. The largest absolute Gasteiger partial charge is 0.457 e. The molecular formula is C12H8N2O2S. The Morgan fingerprint density at radius 2 is 2.18 bits per heavy atom. The number of nitrogens with zero attached hydrogens (tertiary/aromatic N) is 1. The van der Waals surface area contributed by atoms with Crippen LogP contribution in [0.3, 0.4) is 0 Å². The van der Waals surface area contributed by atoms with Crippen molar-refractivity contribution in [3.63, 3.8) is 0 Å². The highest BCUT2D eigenvalue weighted by atomic mass is 32.2. The summed E-state index contributed by atoms with van der Waals surface area (Å²) in [6.07, 6.45) is 1.66. The Bertz CT molecular complexity index is 637. The number of amides is 1. The van der Waals surface area contributed by atoms with Gasteiger partial charge in [-0.1, -0.05) is 18.2 Å². The van der Waals surface area contributed by atoms with Gasteiger partial charge in [0.05, 0.1) is 4.91 Å². The first-order chi connectivity index (χ1) is 8.22. The van der Waals surface area contributed by atoms with E-state index < -0.39 is 0 Å². The molecule has 84 valence electrons. The second-order valence-corrected chi connectivity index (χ2v) is 4.61. The van der Waals surface area contributed by atoms with Crippen LogP contribution in [0.25, 0.3) is 17.0 Å². The minimum atomic E-state index is -0.312. The summed E-state index contributed by atoms with van der Waals surface area (Å²) >= 11 is 1.16. The van der Waals surface area contributed by atoms with Crippen LogP contribution in [-0.4, -0.2) is 11.1 Å². The topological polar surface area (TPSA) is 68.6 Å². The van der Waals surface area contributed by atoms with Gasteiger partial charge in [-0.05, 0) is 23.9 Å². The number of carbonyl (C=O) groups excluding carboxylic acids is 1. The van der Waals surface area contributed by atoms with Gasteiger partial charge in [0.1, 0.15) is 11.3 Å². The zero-order valence-electron chi connectivity index (χ0n) is 8.71. The number of benzene rings is 1. The third-order valence-corrected chi connectivity index (χ3v) is 3.17. The lowest BCUT2D eigenvalue weighted by Gasteiger charge is -1.89. The summed E-state index contributed by atoms with van der Waals surface area (Å²) in [4.78, 5) is 15.5. The number of aliphatic imine (C=N–C) groups is 1. The van der Waals surface area contributed by atoms with Gasteiger partial charge in [0.2, 0.25) is 0 Å². The van der Waals surface area contributed by atoms with Crippen molar-refractivity contribution in [2.24, 2.45) is 10.7 Å². The molecule has 0 saturated carbocycles. The summed E-state index contributed by atoms with van der Waals surface area (Å²) in [6.45, 7) is 0. The van der Waals surface area contributed by atoms with Gasteiger partial charge in [-0.25, -0.2) is 0 Å². The van der Waals surface area contributed by atoms with E-state index in [-0.39, 0.29) is 11.1 Å². The van der Waals surface area contributed by atoms with Crippen LogP contribution in [0, 0.1) is 0 Å². The van der Waals surface area contributed by atoms with Gasteiger partial charge in [0, 0.05) is 11.5 Å². The molecule has 1 aliphatic rings. The molecular weight excluding hydrogens is 236 g/mol. The summed E-state index contributed by atoms with van der Waals surface area (Å²) in [5.41, 5.74) is 6.26. The van der Waals surface area contributed by atoms with E-state index >= 15 is 0 Å². The van der Waals surface area contributed by atoms with Crippen LogP contribution in [0.2, 0.25) is 0 Å². The molecule has 1 aromatic heterocycles. The molecule has 0 bridgehead atoms. The van der Waals surface area contributed by atoms with E-state index in [1.165, 1.54) is 0 Å². The Kier molecular flexibility index (Phi) is 2.26. The minimum absolute atomic E-state index is 0.275. The summed E-state index contributed by atoms with van der Waals surface area (Å²) < 4.78 is 5.58. The predicted octanol–water partition coefficient (Wildman–Crippen LogP) is 2.36. The molecule has 0 aliphatic carbocycles. The summed E-state index contributed by atoms with van der Waals surface area (Å²) in [7, 11) is 0. The number of amidine groups is 1. The van der Waals surface area contributed by atoms with Crippen LogP contribution in [-0.2, 0) is 4.79 Å². The lowest BCUT2D eigenvalue weighted by atomic mass is 10.2. The van der Waals surface area contributed by atoms with Crippen LogP contribution in [0.1, 0.15) is 5.76 Å². The molecule has 17 heavy (non-hydrogen) atoms. The van der Waals surface area contributed by atoms with E-state index in [0.29, 0.717) is 10.7 Å². The zero-order chi connectivity index (χ0) is 11.8. The van der Waals surface area contributed by atoms with E-state index in [9.17, 15) is 4.79 Å². The monoisotopic (exact) mass is 244 g/mol. The van der Waals surface area contributed by atoms with Crippen molar-refractivity contribution in [2.75, 3.05) is 0 Å². The normalized spacial score (nSPS) is 18.0. The maximum atomic E-state index is 11.4. The fraction of sp³-hybridized carbons (Fsp3) is 0. The second kappa shape index (κ2) is 3.78. The molecule has 2 aromatic rings. The Morgan fingerprint density at radius 1 is 1.35 bits per heavy atom. The van der Waals surface area contributed by atoms with E-state index in [1.54, 1.807) is 6.08 Å². The number of hydrogen-bond donors (Lipinski definition) is 1. The Morgan fingerprint density at radius 3 is 2.88 bits per heavy atom. The number of furan rings is 1. The third-order valence-electron chi connectivity index (χ3n) is 2.35. The number of para-hydroxylation sites is 1. The van der Waals surface area contributed by atoms with Crippen molar-refractivity contribution in [3.05, 3.63) is 41.0 Å². The molecule has 2 N–H and O–H groups in total. The lowest BCUT2D eigenvalue weighted by Crippen LogP contribution is -2.01. The van der Waals surface area contributed by atoms with Crippen LogP contribution in [0.15, 0.2) is 44.6 Å². The molecule has 0 spiro atoms. The summed E-state index contributed by atoms with van der Waals surface area (Å²) in [5, 5.41) is 1.28. The van der Waals surface area contributed by atoms with Crippen LogP contribution in [0.4, 0.5) is 0 Å². The first-order valence-electron chi connectivity index (χ1n) is 4.99. The van der Waals surface area contributed by atoms with Crippen LogP contribution >= 0.6 is 11.8 Å². The standard InChI is InChI=1S/C12H8N2O2S/c13-12-14-11(15)10(17-12)6-8-5-7-3-1-2-4-9(7)16-8/h1-6H,(H2,13,14,15)/b10-6-. The molecule has 0 radical (unpaired) electrons. The molecule has 0 atom stereocenters. The molecule has 0 unspecified atom stereocenters. The van der Waals surface area contributed by atoms with Crippen molar-refractivity contribution in [1.82, 2.24) is 0 Å². The van der Waals surface area contributed by atoms with Gasteiger partial charge >= 0.3 is 0 Å². The van der Waals surface area contributed by atoms with E-state index in [0.717, 1.165) is 22.7 Å². The first-order valence-corrected chi connectivity index (χ1v) is 5.81.